The van der Waals surface area contributed by atoms with Crippen LogP contribution in [0.15, 0.2) is 6.07 Å². The summed E-state index contributed by atoms with van der Waals surface area (Å²) in [5, 5.41) is 9.25. The quantitative estimate of drug-likeness (QED) is 0.475. The van der Waals surface area contributed by atoms with Crippen LogP contribution in [0.1, 0.15) is 12.6 Å². The smallest absolute Gasteiger partial charge is 0.239 e. The molecule has 6 nitrogen and oxygen atoms in total. The van der Waals surface area contributed by atoms with E-state index in [0.29, 0.717) is 12.5 Å². The number of nitrogens with zero attached hydrogens (tertiary/aromatic N) is 3. The first-order chi connectivity index (χ1) is 7.02. The Bertz CT molecular complexity index is 328. The molecule has 0 bridgehead atoms. The number of aryl methyl sites for hydroxylation is 1. The Morgan fingerprint density at radius 2 is 2.27 bits per heavy atom. The van der Waals surface area contributed by atoms with Crippen LogP contribution in [0.5, 0.6) is 0 Å². The summed E-state index contributed by atoms with van der Waals surface area (Å²) in [4.78, 5) is 10.1. The molecule has 0 saturated carbocycles. The summed E-state index contributed by atoms with van der Waals surface area (Å²) >= 11 is 0. The van der Waals surface area contributed by atoms with Crippen LogP contribution in [0.3, 0.4) is 0 Å². The molecule has 6 heteroatoms. The van der Waals surface area contributed by atoms with Crippen molar-refractivity contribution in [1.29, 1.82) is 0 Å². The second-order valence-corrected chi connectivity index (χ2v) is 3.57. The number of anilines is 2. The van der Waals surface area contributed by atoms with E-state index in [4.69, 9.17) is 5.84 Å². The lowest BCUT2D eigenvalue weighted by Crippen LogP contribution is -2.28. The molecule has 0 spiro atoms. The average molecular weight is 211 g/mol. The van der Waals surface area contributed by atoms with Crippen molar-refractivity contribution in [2.24, 2.45) is 5.84 Å². The van der Waals surface area contributed by atoms with Gasteiger partial charge in [-0.25, -0.2) is 10.8 Å². The normalized spacial score (nSPS) is 12.3. The summed E-state index contributed by atoms with van der Waals surface area (Å²) in [5.41, 5.74) is 3.23. The third-order valence-electron chi connectivity index (χ3n) is 1.90. The molecule has 1 heterocycles. The molecule has 0 aliphatic carbocycles. The van der Waals surface area contributed by atoms with E-state index in [2.05, 4.69) is 15.4 Å². The zero-order chi connectivity index (χ0) is 11.4. The highest BCUT2D eigenvalue weighted by Gasteiger charge is 2.08. The average Bonchev–Trinajstić information content (AvgIpc) is 2.15. The van der Waals surface area contributed by atoms with E-state index in [-0.39, 0.29) is 0 Å². The van der Waals surface area contributed by atoms with Crippen LogP contribution in [0, 0.1) is 6.92 Å². The Kier molecular flexibility index (Phi) is 3.81. The van der Waals surface area contributed by atoms with Crippen molar-refractivity contribution in [2.45, 2.75) is 20.0 Å². The van der Waals surface area contributed by atoms with Gasteiger partial charge in [0, 0.05) is 25.4 Å². The van der Waals surface area contributed by atoms with E-state index in [1.165, 1.54) is 0 Å². The number of hydrogen-bond acceptors (Lipinski definition) is 6. The molecule has 1 aromatic heterocycles. The second kappa shape index (κ2) is 4.90. The Hall–Kier alpha value is -1.40. The van der Waals surface area contributed by atoms with E-state index in [1.54, 1.807) is 6.92 Å². The number of nitrogen functional groups attached to an aromatic ring is 1. The molecule has 1 aromatic rings. The maximum atomic E-state index is 9.25. The van der Waals surface area contributed by atoms with Gasteiger partial charge in [-0.3, -0.25) is 5.43 Å². The van der Waals surface area contributed by atoms with Crippen LogP contribution >= 0.6 is 0 Å². The van der Waals surface area contributed by atoms with Gasteiger partial charge in [-0.15, -0.1) is 0 Å². The zero-order valence-electron chi connectivity index (χ0n) is 9.23. The van der Waals surface area contributed by atoms with Crippen molar-refractivity contribution in [2.75, 3.05) is 23.9 Å². The molecule has 1 rings (SSSR count). The molecule has 0 fully saturated rings. The van der Waals surface area contributed by atoms with Crippen molar-refractivity contribution in [3.63, 3.8) is 0 Å². The van der Waals surface area contributed by atoms with Gasteiger partial charge < -0.3 is 10.0 Å². The molecule has 1 unspecified atom stereocenters. The summed E-state index contributed by atoms with van der Waals surface area (Å²) in [6.07, 6.45) is -0.403. The highest BCUT2D eigenvalue weighted by Crippen LogP contribution is 2.12. The molecule has 0 amide bonds. The first-order valence-electron chi connectivity index (χ1n) is 4.74. The third kappa shape index (κ3) is 3.34. The highest BCUT2D eigenvalue weighted by molar-refractivity contribution is 5.43. The Morgan fingerprint density at radius 1 is 1.60 bits per heavy atom. The number of likely N-dealkylation sites (N-methyl/N-ethyl adjacent to an activating group) is 1. The number of nitrogens with one attached hydrogen (secondary N) is 1. The molecular formula is C9H17N5O. The van der Waals surface area contributed by atoms with E-state index >= 15 is 0 Å². The summed E-state index contributed by atoms with van der Waals surface area (Å²) < 4.78 is 0. The molecule has 1 atom stereocenters. The van der Waals surface area contributed by atoms with E-state index in [0.717, 1.165) is 11.5 Å². The minimum Gasteiger partial charge on any atom is -0.392 e. The lowest BCUT2D eigenvalue weighted by molar-refractivity contribution is 0.201. The lowest BCUT2D eigenvalue weighted by Gasteiger charge is -2.20. The van der Waals surface area contributed by atoms with Crippen LogP contribution in [0.2, 0.25) is 0 Å². The summed E-state index contributed by atoms with van der Waals surface area (Å²) in [6.45, 7) is 4.11. The molecule has 0 aliphatic rings. The predicted molar refractivity (Wildman–Crippen MR) is 59.5 cm³/mol. The maximum absolute atomic E-state index is 9.25. The fourth-order valence-corrected chi connectivity index (χ4v) is 1.30. The van der Waals surface area contributed by atoms with Crippen LogP contribution in [0.25, 0.3) is 0 Å². The Labute approximate surface area is 89.1 Å². The third-order valence-corrected chi connectivity index (χ3v) is 1.90. The van der Waals surface area contributed by atoms with E-state index < -0.39 is 6.10 Å². The van der Waals surface area contributed by atoms with Crippen LogP contribution in [-0.2, 0) is 0 Å². The minimum absolute atomic E-state index is 0.377. The number of aliphatic hydroxyl groups excluding tert-OH is 1. The molecule has 0 radical (unpaired) electrons. The van der Waals surface area contributed by atoms with Gasteiger partial charge in [0.1, 0.15) is 5.82 Å². The molecule has 0 saturated heterocycles. The van der Waals surface area contributed by atoms with Crippen molar-refractivity contribution >= 4 is 11.8 Å². The van der Waals surface area contributed by atoms with Gasteiger partial charge in [-0.2, -0.15) is 4.98 Å². The zero-order valence-corrected chi connectivity index (χ0v) is 9.23. The van der Waals surface area contributed by atoms with Gasteiger partial charge in [0.15, 0.2) is 0 Å². The van der Waals surface area contributed by atoms with Crippen molar-refractivity contribution < 1.29 is 5.11 Å². The number of nitrogens with two attached hydrogens (primary N) is 1. The van der Waals surface area contributed by atoms with E-state index in [1.807, 2.05) is 24.9 Å². The van der Waals surface area contributed by atoms with Gasteiger partial charge in [0.05, 0.1) is 6.10 Å². The van der Waals surface area contributed by atoms with Crippen LogP contribution < -0.4 is 16.2 Å². The number of aliphatic hydroxyl groups is 1. The van der Waals surface area contributed by atoms with Gasteiger partial charge in [-0.05, 0) is 13.8 Å². The topological polar surface area (TPSA) is 87.3 Å². The molecule has 84 valence electrons. The fraction of sp³-hybridized carbons (Fsp3) is 0.556. The predicted octanol–water partition coefficient (Wildman–Crippen LogP) is -0.112. The molecule has 0 aliphatic heterocycles. The van der Waals surface area contributed by atoms with Crippen LogP contribution in [0.4, 0.5) is 11.8 Å². The Morgan fingerprint density at radius 3 is 2.80 bits per heavy atom. The van der Waals surface area contributed by atoms with Crippen molar-refractivity contribution in [1.82, 2.24) is 9.97 Å². The van der Waals surface area contributed by atoms with E-state index in [9.17, 15) is 5.11 Å². The van der Waals surface area contributed by atoms with Crippen LogP contribution in [-0.4, -0.2) is 34.8 Å². The van der Waals surface area contributed by atoms with Crippen molar-refractivity contribution in [3.05, 3.63) is 11.8 Å². The fourth-order valence-electron chi connectivity index (χ4n) is 1.30. The summed E-state index contributed by atoms with van der Waals surface area (Å²) in [7, 11) is 1.86. The van der Waals surface area contributed by atoms with Gasteiger partial charge >= 0.3 is 0 Å². The molecule has 15 heavy (non-hydrogen) atoms. The SMILES string of the molecule is Cc1cc(N(C)CC(C)O)nc(NN)n1. The van der Waals surface area contributed by atoms with Crippen molar-refractivity contribution in [3.8, 4) is 0 Å². The molecular weight excluding hydrogens is 194 g/mol. The number of hydrazine groups is 1. The summed E-state index contributed by atoms with van der Waals surface area (Å²) in [6, 6.07) is 1.84. The lowest BCUT2D eigenvalue weighted by atomic mass is 10.3. The Balaban J connectivity index is 2.88. The van der Waals surface area contributed by atoms with Gasteiger partial charge in [0.25, 0.3) is 0 Å². The van der Waals surface area contributed by atoms with Gasteiger partial charge in [-0.1, -0.05) is 0 Å². The maximum Gasteiger partial charge on any atom is 0.239 e. The number of rotatable bonds is 4. The standard InChI is InChI=1S/C9H17N5O/c1-6-4-8(12-9(11-6)13-10)14(3)5-7(2)15/h4,7,15H,5,10H2,1-3H3,(H,11,12,13). The minimum atomic E-state index is -0.403. The number of aromatic nitrogens is 2. The largest absolute Gasteiger partial charge is 0.392 e. The first-order valence-corrected chi connectivity index (χ1v) is 4.74. The monoisotopic (exact) mass is 211 g/mol. The highest BCUT2D eigenvalue weighted by atomic mass is 16.3. The molecule has 0 aromatic carbocycles. The number of hydrogen-bond donors (Lipinski definition) is 3. The molecule has 4 N–H and O–H groups in total. The summed E-state index contributed by atoms with van der Waals surface area (Å²) in [5.74, 6) is 6.36. The first kappa shape index (κ1) is 11.7. The second-order valence-electron chi connectivity index (χ2n) is 3.57. The van der Waals surface area contributed by atoms with Gasteiger partial charge in [0.2, 0.25) is 5.95 Å².